The third-order valence-corrected chi connectivity index (χ3v) is 3.55. The Morgan fingerprint density at radius 3 is 2.81 bits per heavy atom. The second kappa shape index (κ2) is 6.78. The SMILES string of the molecule is CC(=O)NC(CS)C(=O)Nc1ccc(Cl)c2cccnc12. The van der Waals surface area contributed by atoms with E-state index in [1.165, 1.54) is 6.92 Å². The summed E-state index contributed by atoms with van der Waals surface area (Å²) in [6.45, 7) is 1.35. The van der Waals surface area contributed by atoms with Crippen LogP contribution in [0.1, 0.15) is 6.92 Å². The Balaban J connectivity index is 2.29. The molecule has 21 heavy (non-hydrogen) atoms. The van der Waals surface area contributed by atoms with Gasteiger partial charge in [0.25, 0.3) is 0 Å². The first-order valence-electron chi connectivity index (χ1n) is 6.25. The smallest absolute Gasteiger partial charge is 0.247 e. The quantitative estimate of drug-likeness (QED) is 0.756. The molecule has 0 aliphatic rings. The van der Waals surface area contributed by atoms with Gasteiger partial charge >= 0.3 is 0 Å². The molecule has 1 aromatic carbocycles. The van der Waals surface area contributed by atoms with Gasteiger partial charge in [0.1, 0.15) is 6.04 Å². The summed E-state index contributed by atoms with van der Waals surface area (Å²) in [6.07, 6.45) is 1.62. The Labute approximate surface area is 132 Å². The van der Waals surface area contributed by atoms with Crippen molar-refractivity contribution in [1.82, 2.24) is 10.3 Å². The van der Waals surface area contributed by atoms with Crippen molar-refractivity contribution in [3.63, 3.8) is 0 Å². The molecule has 1 heterocycles. The molecular weight excluding hydrogens is 310 g/mol. The summed E-state index contributed by atoms with van der Waals surface area (Å²) in [6, 6.07) is 6.26. The lowest BCUT2D eigenvalue weighted by atomic mass is 10.2. The van der Waals surface area contributed by atoms with E-state index in [4.69, 9.17) is 11.6 Å². The average molecular weight is 324 g/mol. The number of nitrogens with zero attached hydrogens (tertiary/aromatic N) is 1. The number of amides is 2. The summed E-state index contributed by atoms with van der Waals surface area (Å²) in [7, 11) is 0. The molecule has 2 rings (SSSR count). The van der Waals surface area contributed by atoms with E-state index < -0.39 is 6.04 Å². The lowest BCUT2D eigenvalue weighted by Gasteiger charge is -2.16. The Morgan fingerprint density at radius 2 is 2.14 bits per heavy atom. The molecule has 0 radical (unpaired) electrons. The number of anilines is 1. The third kappa shape index (κ3) is 3.65. The van der Waals surface area contributed by atoms with Gasteiger partial charge < -0.3 is 10.6 Å². The minimum Gasteiger partial charge on any atom is -0.344 e. The molecule has 0 spiro atoms. The number of hydrogen-bond donors (Lipinski definition) is 3. The molecule has 5 nitrogen and oxygen atoms in total. The fourth-order valence-electron chi connectivity index (χ4n) is 1.90. The summed E-state index contributed by atoms with van der Waals surface area (Å²) in [4.78, 5) is 27.5. The van der Waals surface area contributed by atoms with Crippen LogP contribution in [-0.2, 0) is 9.59 Å². The molecule has 2 aromatic rings. The van der Waals surface area contributed by atoms with Gasteiger partial charge in [0.15, 0.2) is 0 Å². The van der Waals surface area contributed by atoms with Crippen LogP contribution in [0.4, 0.5) is 5.69 Å². The molecule has 0 aliphatic heterocycles. The van der Waals surface area contributed by atoms with Crippen LogP contribution in [0.15, 0.2) is 30.5 Å². The van der Waals surface area contributed by atoms with Crippen LogP contribution in [0, 0.1) is 0 Å². The highest BCUT2D eigenvalue weighted by atomic mass is 35.5. The summed E-state index contributed by atoms with van der Waals surface area (Å²) < 4.78 is 0. The highest BCUT2D eigenvalue weighted by Gasteiger charge is 2.19. The van der Waals surface area contributed by atoms with Crippen LogP contribution in [0.3, 0.4) is 0 Å². The van der Waals surface area contributed by atoms with Gasteiger partial charge in [-0.15, -0.1) is 0 Å². The van der Waals surface area contributed by atoms with E-state index >= 15 is 0 Å². The Hall–Kier alpha value is -1.79. The molecule has 0 fully saturated rings. The van der Waals surface area contributed by atoms with Crippen LogP contribution in [0.5, 0.6) is 0 Å². The van der Waals surface area contributed by atoms with Crippen molar-refractivity contribution >= 4 is 52.6 Å². The van der Waals surface area contributed by atoms with E-state index in [1.807, 2.05) is 6.07 Å². The maximum absolute atomic E-state index is 12.2. The topological polar surface area (TPSA) is 71.1 Å². The molecule has 0 bridgehead atoms. The van der Waals surface area contributed by atoms with Crippen LogP contribution in [-0.4, -0.2) is 28.6 Å². The summed E-state index contributed by atoms with van der Waals surface area (Å²) in [5.41, 5.74) is 1.14. The number of aromatic nitrogens is 1. The molecule has 0 saturated heterocycles. The van der Waals surface area contributed by atoms with Crippen LogP contribution < -0.4 is 10.6 Å². The number of pyridine rings is 1. The zero-order valence-corrected chi connectivity index (χ0v) is 12.9. The summed E-state index contributed by atoms with van der Waals surface area (Å²) in [5.74, 6) is -0.442. The number of nitrogens with one attached hydrogen (secondary N) is 2. The number of halogens is 1. The molecule has 2 N–H and O–H groups in total. The van der Waals surface area contributed by atoms with E-state index in [0.717, 1.165) is 5.39 Å². The molecule has 0 aliphatic carbocycles. The summed E-state index contributed by atoms with van der Waals surface area (Å²) >= 11 is 10.2. The lowest BCUT2D eigenvalue weighted by Crippen LogP contribution is -2.44. The van der Waals surface area contributed by atoms with Crippen molar-refractivity contribution in [2.75, 3.05) is 11.1 Å². The monoisotopic (exact) mass is 323 g/mol. The highest BCUT2D eigenvalue weighted by molar-refractivity contribution is 7.80. The first kappa shape index (κ1) is 15.6. The van der Waals surface area contributed by atoms with Gasteiger partial charge in [-0.05, 0) is 24.3 Å². The van der Waals surface area contributed by atoms with Crippen molar-refractivity contribution in [2.45, 2.75) is 13.0 Å². The van der Waals surface area contributed by atoms with Gasteiger partial charge in [0.05, 0.1) is 16.2 Å². The number of benzene rings is 1. The molecule has 1 aromatic heterocycles. The largest absolute Gasteiger partial charge is 0.344 e. The number of hydrogen-bond acceptors (Lipinski definition) is 4. The van der Waals surface area contributed by atoms with Gasteiger partial charge in [-0.3, -0.25) is 14.6 Å². The number of thiol groups is 1. The molecular formula is C14H14ClN3O2S. The van der Waals surface area contributed by atoms with Crippen molar-refractivity contribution in [3.8, 4) is 0 Å². The second-order valence-electron chi connectivity index (χ2n) is 4.42. The molecule has 2 amide bonds. The van der Waals surface area contributed by atoms with E-state index in [2.05, 4.69) is 28.2 Å². The molecule has 1 atom stereocenters. The molecule has 1 unspecified atom stereocenters. The minimum atomic E-state index is -0.708. The normalized spacial score (nSPS) is 12.0. The van der Waals surface area contributed by atoms with Crippen molar-refractivity contribution < 1.29 is 9.59 Å². The molecule has 7 heteroatoms. The van der Waals surface area contributed by atoms with Gasteiger partial charge in [-0.1, -0.05) is 11.6 Å². The van der Waals surface area contributed by atoms with Crippen molar-refractivity contribution in [1.29, 1.82) is 0 Å². The predicted molar refractivity (Wildman–Crippen MR) is 86.8 cm³/mol. The molecule has 110 valence electrons. The number of carbonyl (C=O) groups excluding carboxylic acids is 2. The van der Waals surface area contributed by atoms with Crippen LogP contribution in [0.25, 0.3) is 10.9 Å². The number of rotatable bonds is 4. The Morgan fingerprint density at radius 1 is 1.38 bits per heavy atom. The van der Waals surface area contributed by atoms with Gasteiger partial charge in [0.2, 0.25) is 11.8 Å². The maximum atomic E-state index is 12.2. The first-order chi connectivity index (χ1) is 10.0. The van der Waals surface area contributed by atoms with Crippen molar-refractivity contribution in [2.24, 2.45) is 0 Å². The standard InChI is InChI=1S/C14H14ClN3O2S/c1-8(19)17-12(7-21)14(20)18-11-5-4-10(15)9-3-2-6-16-13(9)11/h2-6,12,21H,7H2,1H3,(H,17,19)(H,18,20). The minimum absolute atomic E-state index is 0.199. The summed E-state index contributed by atoms with van der Waals surface area (Å²) in [5, 5.41) is 6.59. The molecule has 0 saturated carbocycles. The third-order valence-electron chi connectivity index (χ3n) is 2.85. The van der Waals surface area contributed by atoms with Gasteiger partial charge in [-0.25, -0.2) is 0 Å². The van der Waals surface area contributed by atoms with Gasteiger partial charge in [-0.2, -0.15) is 12.6 Å². The van der Waals surface area contributed by atoms with E-state index in [9.17, 15) is 9.59 Å². The fraction of sp³-hybridized carbons (Fsp3) is 0.214. The van der Waals surface area contributed by atoms with E-state index in [-0.39, 0.29) is 17.6 Å². The number of carbonyl (C=O) groups is 2. The fourth-order valence-corrected chi connectivity index (χ4v) is 2.37. The Bertz CT molecular complexity index is 693. The first-order valence-corrected chi connectivity index (χ1v) is 7.26. The predicted octanol–water partition coefficient (Wildman–Crippen LogP) is 2.26. The zero-order chi connectivity index (χ0) is 15.4. The highest BCUT2D eigenvalue weighted by Crippen LogP contribution is 2.27. The van der Waals surface area contributed by atoms with Crippen LogP contribution in [0.2, 0.25) is 5.02 Å². The van der Waals surface area contributed by atoms with Gasteiger partial charge in [0, 0.05) is 24.3 Å². The zero-order valence-electron chi connectivity index (χ0n) is 11.3. The lowest BCUT2D eigenvalue weighted by molar-refractivity contribution is -0.124. The number of fused-ring (bicyclic) bond motifs is 1. The van der Waals surface area contributed by atoms with Crippen molar-refractivity contribution in [3.05, 3.63) is 35.5 Å². The van der Waals surface area contributed by atoms with Crippen LogP contribution >= 0.6 is 24.2 Å². The maximum Gasteiger partial charge on any atom is 0.247 e. The van der Waals surface area contributed by atoms with E-state index in [0.29, 0.717) is 16.2 Å². The van der Waals surface area contributed by atoms with E-state index in [1.54, 1.807) is 24.4 Å². The Kier molecular flexibility index (Phi) is 5.03. The second-order valence-corrected chi connectivity index (χ2v) is 5.19. The average Bonchev–Trinajstić information content (AvgIpc) is 2.47.